The second kappa shape index (κ2) is 5.07. The Morgan fingerprint density at radius 1 is 1.67 bits per heavy atom. The summed E-state index contributed by atoms with van der Waals surface area (Å²) < 4.78 is 34.7. The van der Waals surface area contributed by atoms with E-state index in [0.717, 1.165) is 0 Å². The molecular weight excluding hydrogens is 241 g/mol. The zero-order valence-corrected chi connectivity index (χ0v) is 11.6. The molecule has 0 aromatic carbocycles. The average molecular weight is 256 g/mol. The van der Waals surface area contributed by atoms with Crippen LogP contribution in [0.4, 0.5) is 4.39 Å². The minimum Gasteiger partial charge on any atom is -0.394 e. The highest BCUT2D eigenvalue weighted by Crippen LogP contribution is 2.45. The number of hydrogen-bond donors (Lipinski definition) is 2. The van der Waals surface area contributed by atoms with Gasteiger partial charge in [0.2, 0.25) is 0 Å². The summed E-state index contributed by atoms with van der Waals surface area (Å²) in [6.45, 7) is -0.420. The first-order valence-electron chi connectivity index (χ1n) is 4.82. The lowest BCUT2D eigenvalue weighted by atomic mass is 9.94. The Morgan fingerprint density at radius 2 is 2.27 bits per heavy atom. The number of alkyl halides is 1. The van der Waals surface area contributed by atoms with Crippen LogP contribution in [0.1, 0.15) is 0 Å². The first kappa shape index (κ1) is 13.3. The van der Waals surface area contributed by atoms with Crippen LogP contribution in [-0.2, 0) is 13.8 Å². The number of aliphatic hydroxyl groups is 1. The van der Waals surface area contributed by atoms with Crippen LogP contribution in [0.2, 0.25) is 0 Å². The Morgan fingerprint density at radius 3 is 2.73 bits per heavy atom. The molecule has 5 atom stereocenters. The van der Waals surface area contributed by atoms with E-state index in [4.69, 9.17) is 14.4 Å². The maximum Gasteiger partial charge on any atom is 0.325 e. The van der Waals surface area contributed by atoms with Gasteiger partial charge in [-0.3, -0.25) is 9.09 Å². The van der Waals surface area contributed by atoms with Gasteiger partial charge in [0, 0.05) is 16.0 Å². The molecule has 88 valence electrons. The van der Waals surface area contributed by atoms with E-state index in [1.165, 1.54) is 7.85 Å². The van der Waals surface area contributed by atoms with Gasteiger partial charge < -0.3 is 14.7 Å². The molecule has 0 aliphatic carbocycles. The summed E-state index contributed by atoms with van der Waals surface area (Å²) in [4.78, 5) is 9.27. The van der Waals surface area contributed by atoms with Crippen molar-refractivity contribution in [2.75, 3.05) is 12.4 Å². The molecule has 0 amide bonds. The summed E-state index contributed by atoms with van der Waals surface area (Å²) in [6, 6.07) is -0.721. The molecule has 1 fully saturated rings. The zero-order chi connectivity index (χ0) is 11.6. The van der Waals surface area contributed by atoms with Gasteiger partial charge in [-0.25, -0.2) is 4.39 Å². The van der Waals surface area contributed by atoms with E-state index >= 15 is 0 Å². The fourth-order valence-electron chi connectivity index (χ4n) is 1.44. The van der Waals surface area contributed by atoms with Gasteiger partial charge in [0.25, 0.3) is 0 Å². The van der Waals surface area contributed by atoms with Crippen LogP contribution in [0.25, 0.3) is 0 Å². The van der Waals surface area contributed by atoms with Gasteiger partial charge in [0.05, 0.1) is 12.6 Å². The van der Waals surface area contributed by atoms with Gasteiger partial charge >= 0.3 is 7.60 Å². The Bertz CT molecular complexity index is 270. The van der Waals surface area contributed by atoms with Crippen LogP contribution in [-0.4, -0.2) is 64.9 Å². The molecular formula is C6H15BFO5PSi. The maximum atomic E-state index is 13.5. The molecule has 0 saturated carbocycles. The number of rotatable bonds is 4. The minimum absolute atomic E-state index is 0.0444. The van der Waals surface area contributed by atoms with Gasteiger partial charge in [0.15, 0.2) is 0 Å². The summed E-state index contributed by atoms with van der Waals surface area (Å²) in [7, 11) is -1.71. The lowest BCUT2D eigenvalue weighted by Gasteiger charge is -2.21. The molecule has 2 N–H and O–H groups in total. The van der Waals surface area contributed by atoms with Crippen LogP contribution < -0.4 is 0 Å². The summed E-state index contributed by atoms with van der Waals surface area (Å²) in [5.74, 6) is 0.0444. The van der Waals surface area contributed by atoms with E-state index in [1.807, 2.05) is 0 Å². The second-order valence-corrected chi connectivity index (χ2v) is 7.55. The molecule has 1 saturated heterocycles. The summed E-state index contributed by atoms with van der Waals surface area (Å²) >= 11 is 0. The Labute approximate surface area is 91.3 Å². The second-order valence-electron chi connectivity index (χ2n) is 3.53. The highest BCUT2D eigenvalue weighted by Gasteiger charge is 2.45. The van der Waals surface area contributed by atoms with Crippen molar-refractivity contribution in [3.8, 4) is 0 Å². The summed E-state index contributed by atoms with van der Waals surface area (Å²) in [5, 5.41) is 8.91. The number of halogens is 1. The molecule has 1 rings (SSSR count). The van der Waals surface area contributed by atoms with Crippen LogP contribution >= 0.6 is 7.60 Å². The quantitative estimate of drug-likeness (QED) is 0.432. The normalized spacial score (nSPS) is 40.5. The molecule has 0 spiro atoms. The van der Waals surface area contributed by atoms with Crippen molar-refractivity contribution in [3.63, 3.8) is 0 Å². The van der Waals surface area contributed by atoms with Crippen molar-refractivity contribution in [2.24, 2.45) is 0 Å². The highest BCUT2D eigenvalue weighted by molar-refractivity contribution is 7.54. The zero-order valence-electron chi connectivity index (χ0n) is 8.67. The fourth-order valence-corrected chi connectivity index (χ4v) is 2.67. The Hall–Kier alpha value is 0.282. The Balaban J connectivity index is 2.70. The summed E-state index contributed by atoms with van der Waals surface area (Å²) in [5.41, 5.74) is 0. The third-order valence-corrected chi connectivity index (χ3v) is 6.15. The fraction of sp³-hybridized carbons (Fsp3) is 1.00. The third kappa shape index (κ3) is 3.12. The molecule has 15 heavy (non-hydrogen) atoms. The van der Waals surface area contributed by atoms with E-state index in [9.17, 15) is 13.8 Å². The number of aliphatic hydroxyl groups excluding tert-OH is 1. The van der Waals surface area contributed by atoms with Crippen LogP contribution in [0.15, 0.2) is 0 Å². The predicted molar refractivity (Wildman–Crippen MR) is 58.7 cm³/mol. The van der Waals surface area contributed by atoms with Gasteiger partial charge in [-0.1, -0.05) is 0 Å². The average Bonchev–Trinajstić information content (AvgIpc) is 2.45. The maximum absolute atomic E-state index is 13.5. The van der Waals surface area contributed by atoms with Crippen molar-refractivity contribution in [1.82, 2.24) is 0 Å². The van der Waals surface area contributed by atoms with Crippen LogP contribution in [0.3, 0.4) is 0 Å². The minimum atomic E-state index is -3.71. The monoisotopic (exact) mass is 256 g/mol. The molecule has 1 aliphatic rings. The van der Waals surface area contributed by atoms with Crippen molar-refractivity contribution >= 4 is 25.7 Å². The van der Waals surface area contributed by atoms with Crippen molar-refractivity contribution in [2.45, 2.75) is 24.4 Å². The lowest BCUT2D eigenvalue weighted by molar-refractivity contribution is 0.000441. The van der Waals surface area contributed by atoms with E-state index in [0.29, 0.717) is 10.2 Å². The molecule has 5 nitrogen and oxygen atoms in total. The Kier molecular flexibility index (Phi) is 4.52. The first-order valence-corrected chi connectivity index (χ1v) is 7.99. The van der Waals surface area contributed by atoms with Gasteiger partial charge in [-0.15, -0.1) is 0 Å². The molecule has 0 aromatic rings. The molecule has 0 bridgehead atoms. The third-order valence-electron chi connectivity index (χ3n) is 2.38. The van der Waals surface area contributed by atoms with Crippen molar-refractivity contribution in [3.05, 3.63) is 0 Å². The summed E-state index contributed by atoms with van der Waals surface area (Å²) in [6.07, 6.45) is -3.48. The first-order chi connectivity index (χ1) is 6.91. The van der Waals surface area contributed by atoms with Gasteiger partial charge in [-0.05, 0) is 0 Å². The predicted octanol–water partition coefficient (Wildman–Crippen LogP) is -2.43. The van der Waals surface area contributed by atoms with Crippen LogP contribution in [0, 0.1) is 0 Å². The van der Waals surface area contributed by atoms with Gasteiger partial charge in [-0.2, -0.15) is 0 Å². The molecule has 0 aromatic heterocycles. The van der Waals surface area contributed by atoms with Crippen molar-refractivity contribution in [1.29, 1.82) is 0 Å². The van der Waals surface area contributed by atoms with E-state index in [-0.39, 0.29) is 5.79 Å². The highest BCUT2D eigenvalue weighted by atomic mass is 31.2. The topological polar surface area (TPSA) is 76.0 Å². The molecule has 9 heteroatoms. The van der Waals surface area contributed by atoms with E-state index in [1.54, 1.807) is 0 Å². The largest absolute Gasteiger partial charge is 0.394 e. The lowest BCUT2D eigenvalue weighted by Crippen LogP contribution is -2.33. The molecule has 1 heterocycles. The SMILES string of the molecule is B[C@@H]1O[C@H](CO)C(OP(=O)(O)C[SiH3])C1F. The van der Waals surface area contributed by atoms with Gasteiger partial charge in [0.1, 0.15) is 26.2 Å². The number of hydrogen-bond acceptors (Lipinski definition) is 4. The van der Waals surface area contributed by atoms with E-state index in [2.05, 4.69) is 0 Å². The molecule has 1 aliphatic heterocycles. The smallest absolute Gasteiger partial charge is 0.325 e. The number of ether oxygens (including phenoxy) is 1. The van der Waals surface area contributed by atoms with E-state index < -0.39 is 38.6 Å². The van der Waals surface area contributed by atoms with Crippen molar-refractivity contribution < 1.29 is 28.2 Å². The van der Waals surface area contributed by atoms with Crippen LogP contribution in [0.5, 0.6) is 0 Å². The standard InChI is InChI=1S/C6H15BFO5PSi/c7-6-4(8)5(3(1-9)12-6)13-14(10,11)2-15/h3-6,9H,1-2,7H2,15H3,(H,10,11)/t3-,4?,5?,6-/m1/s1. The molecule has 0 radical (unpaired) electrons. The molecule has 3 unspecified atom stereocenters.